The first-order valence-corrected chi connectivity index (χ1v) is 6.99. The van der Waals surface area contributed by atoms with Gasteiger partial charge in [0.15, 0.2) is 0 Å². The molecule has 0 saturated carbocycles. The largest absolute Gasteiger partial charge is 0.501 e. The molecule has 0 aliphatic carbocycles. The Morgan fingerprint density at radius 2 is 2.47 bits per heavy atom. The molecule has 1 unspecified atom stereocenters. The van der Waals surface area contributed by atoms with Crippen LogP contribution in [0.3, 0.4) is 0 Å². The molecule has 0 spiro atoms. The van der Waals surface area contributed by atoms with Gasteiger partial charge in [-0.25, -0.2) is 0 Å². The fourth-order valence-corrected chi connectivity index (χ4v) is 3.24. The van der Waals surface area contributed by atoms with E-state index >= 15 is 0 Å². The monoisotopic (exact) mass is 335 g/mol. The van der Waals surface area contributed by atoms with Crippen molar-refractivity contribution in [2.24, 2.45) is 0 Å². The predicted octanol–water partition coefficient (Wildman–Crippen LogP) is 3.31. The summed E-state index contributed by atoms with van der Waals surface area (Å²) in [5, 5.41) is 5.58. The second-order valence-electron chi connectivity index (χ2n) is 3.57. The lowest BCUT2D eigenvalue weighted by atomic mass is 9.98. The van der Waals surface area contributed by atoms with Crippen LogP contribution in [0.1, 0.15) is 24.4 Å². The molecule has 0 aromatic carbocycles. The topological polar surface area (TPSA) is 21.3 Å². The Labute approximate surface area is 108 Å². The van der Waals surface area contributed by atoms with Crippen LogP contribution in [0.15, 0.2) is 23.3 Å². The summed E-state index contributed by atoms with van der Waals surface area (Å²) >= 11 is 4.15. The Kier molecular flexibility index (Phi) is 4.05. The zero-order valence-electron chi connectivity index (χ0n) is 8.63. The van der Waals surface area contributed by atoms with Crippen molar-refractivity contribution in [1.82, 2.24) is 5.32 Å². The van der Waals surface area contributed by atoms with Crippen molar-refractivity contribution in [3.05, 3.63) is 31.7 Å². The Hall–Kier alpha value is -0.0700. The normalized spacial score (nSPS) is 18.1. The third kappa shape index (κ3) is 2.73. The molecule has 82 valence electrons. The number of rotatable bonds is 3. The van der Waals surface area contributed by atoms with Crippen LogP contribution in [0.2, 0.25) is 0 Å². The average molecular weight is 335 g/mol. The molecule has 1 aromatic heterocycles. The fraction of sp³-hybridized carbons (Fsp3) is 0.455. The summed E-state index contributed by atoms with van der Waals surface area (Å²) in [7, 11) is 2.00. The van der Waals surface area contributed by atoms with Gasteiger partial charge in [-0.15, -0.1) is 11.3 Å². The molecule has 1 atom stereocenters. The third-order valence-corrected chi connectivity index (χ3v) is 4.35. The van der Waals surface area contributed by atoms with E-state index in [1.165, 1.54) is 14.0 Å². The van der Waals surface area contributed by atoms with E-state index in [4.69, 9.17) is 4.74 Å². The zero-order valence-corrected chi connectivity index (χ0v) is 11.6. The van der Waals surface area contributed by atoms with E-state index in [2.05, 4.69) is 39.4 Å². The number of hydrogen-bond donors (Lipinski definition) is 1. The van der Waals surface area contributed by atoms with Crippen molar-refractivity contribution in [3.63, 3.8) is 0 Å². The van der Waals surface area contributed by atoms with Crippen molar-refractivity contribution in [2.45, 2.75) is 18.9 Å². The van der Waals surface area contributed by atoms with Crippen LogP contribution < -0.4 is 5.32 Å². The van der Waals surface area contributed by atoms with Crippen LogP contribution in [0.4, 0.5) is 0 Å². The van der Waals surface area contributed by atoms with Gasteiger partial charge in [-0.3, -0.25) is 0 Å². The highest BCUT2D eigenvalue weighted by Crippen LogP contribution is 2.30. The molecule has 0 bridgehead atoms. The maximum absolute atomic E-state index is 5.39. The number of likely N-dealkylation sites (N-methyl/N-ethyl adjacent to an activating group) is 1. The van der Waals surface area contributed by atoms with E-state index in [-0.39, 0.29) is 0 Å². The highest BCUT2D eigenvalue weighted by molar-refractivity contribution is 14.1. The third-order valence-electron chi connectivity index (χ3n) is 2.54. The summed E-state index contributed by atoms with van der Waals surface area (Å²) < 4.78 is 6.73. The standard InChI is InChI=1S/C11H14INOS/c1-13-11(8-3-2-4-14-6-8)9-5-10(12)15-7-9/h5-7,11,13H,2-4H2,1H3. The van der Waals surface area contributed by atoms with Gasteiger partial charge in [0, 0.05) is 0 Å². The molecule has 0 amide bonds. The molecule has 1 aliphatic rings. The molecule has 1 aromatic rings. The fourth-order valence-electron chi connectivity index (χ4n) is 1.84. The quantitative estimate of drug-likeness (QED) is 0.856. The van der Waals surface area contributed by atoms with E-state index in [9.17, 15) is 0 Å². The van der Waals surface area contributed by atoms with Gasteiger partial charge in [-0.05, 0) is 65.1 Å². The average Bonchev–Trinajstić information content (AvgIpc) is 2.68. The van der Waals surface area contributed by atoms with Crippen LogP contribution >= 0.6 is 33.9 Å². The molecule has 0 radical (unpaired) electrons. The molecular formula is C11H14INOS. The zero-order chi connectivity index (χ0) is 10.7. The Balaban J connectivity index is 2.19. The van der Waals surface area contributed by atoms with E-state index in [0.717, 1.165) is 19.4 Å². The summed E-state index contributed by atoms with van der Waals surface area (Å²) in [4.78, 5) is 0. The van der Waals surface area contributed by atoms with Crippen LogP contribution in [0.25, 0.3) is 0 Å². The van der Waals surface area contributed by atoms with Crippen molar-refractivity contribution in [1.29, 1.82) is 0 Å². The minimum atomic E-state index is 0.324. The van der Waals surface area contributed by atoms with E-state index < -0.39 is 0 Å². The lowest BCUT2D eigenvalue weighted by Crippen LogP contribution is -2.20. The maximum atomic E-state index is 5.39. The summed E-state index contributed by atoms with van der Waals surface area (Å²) in [5.74, 6) is 0. The van der Waals surface area contributed by atoms with Gasteiger partial charge in [-0.2, -0.15) is 0 Å². The van der Waals surface area contributed by atoms with Gasteiger partial charge in [0.2, 0.25) is 0 Å². The van der Waals surface area contributed by atoms with Gasteiger partial charge in [0.05, 0.1) is 21.8 Å². The number of nitrogens with one attached hydrogen (secondary N) is 1. The molecule has 0 saturated heterocycles. The maximum Gasteiger partial charge on any atom is 0.0876 e. The SMILES string of the molecule is CNC(C1=COCCC1)c1csc(I)c1. The van der Waals surface area contributed by atoms with Crippen LogP contribution in [0, 0.1) is 2.88 Å². The molecule has 2 heterocycles. The van der Waals surface area contributed by atoms with Crippen molar-refractivity contribution >= 4 is 33.9 Å². The lowest BCUT2D eigenvalue weighted by molar-refractivity contribution is 0.220. The number of ether oxygens (including phenoxy) is 1. The van der Waals surface area contributed by atoms with Gasteiger partial charge in [-0.1, -0.05) is 0 Å². The second kappa shape index (κ2) is 5.32. The molecule has 2 rings (SSSR count). The summed E-state index contributed by atoms with van der Waals surface area (Å²) in [6.07, 6.45) is 4.19. The predicted molar refractivity (Wildman–Crippen MR) is 72.1 cm³/mol. The van der Waals surface area contributed by atoms with Crippen molar-refractivity contribution in [2.75, 3.05) is 13.7 Å². The molecule has 1 N–H and O–H groups in total. The molecule has 15 heavy (non-hydrogen) atoms. The Morgan fingerprint density at radius 1 is 1.60 bits per heavy atom. The van der Waals surface area contributed by atoms with E-state index in [1.807, 2.05) is 13.3 Å². The van der Waals surface area contributed by atoms with Gasteiger partial charge in [0.25, 0.3) is 0 Å². The lowest BCUT2D eigenvalue weighted by Gasteiger charge is -2.22. The number of thiophene rings is 1. The smallest absolute Gasteiger partial charge is 0.0876 e. The minimum absolute atomic E-state index is 0.324. The minimum Gasteiger partial charge on any atom is -0.501 e. The van der Waals surface area contributed by atoms with E-state index in [1.54, 1.807) is 11.3 Å². The first-order chi connectivity index (χ1) is 7.31. The Morgan fingerprint density at radius 3 is 3.00 bits per heavy atom. The molecular weight excluding hydrogens is 321 g/mol. The van der Waals surface area contributed by atoms with Gasteiger partial charge in [0.1, 0.15) is 0 Å². The number of halogens is 1. The van der Waals surface area contributed by atoms with Gasteiger partial charge >= 0.3 is 0 Å². The van der Waals surface area contributed by atoms with Crippen LogP contribution in [-0.2, 0) is 4.74 Å². The van der Waals surface area contributed by atoms with Crippen molar-refractivity contribution in [3.8, 4) is 0 Å². The number of hydrogen-bond acceptors (Lipinski definition) is 3. The van der Waals surface area contributed by atoms with E-state index in [0.29, 0.717) is 6.04 Å². The van der Waals surface area contributed by atoms with Crippen molar-refractivity contribution < 1.29 is 4.74 Å². The molecule has 4 heteroatoms. The first-order valence-electron chi connectivity index (χ1n) is 5.03. The Bertz CT molecular complexity index is 361. The first kappa shape index (κ1) is 11.4. The highest BCUT2D eigenvalue weighted by atomic mass is 127. The highest BCUT2D eigenvalue weighted by Gasteiger charge is 2.18. The summed E-state index contributed by atoms with van der Waals surface area (Å²) in [6.45, 7) is 0.862. The van der Waals surface area contributed by atoms with Crippen LogP contribution in [-0.4, -0.2) is 13.7 Å². The molecule has 1 aliphatic heterocycles. The molecule has 0 fully saturated rings. The van der Waals surface area contributed by atoms with Gasteiger partial charge < -0.3 is 10.1 Å². The summed E-state index contributed by atoms with van der Waals surface area (Å²) in [5.41, 5.74) is 2.71. The second-order valence-corrected chi connectivity index (χ2v) is 6.38. The molecule has 2 nitrogen and oxygen atoms in total. The summed E-state index contributed by atoms with van der Waals surface area (Å²) in [6, 6.07) is 2.56. The van der Waals surface area contributed by atoms with Crippen LogP contribution in [0.5, 0.6) is 0 Å².